The van der Waals surface area contributed by atoms with E-state index in [-0.39, 0.29) is 6.61 Å². The lowest BCUT2D eigenvalue weighted by molar-refractivity contribution is -0.131. The average Bonchev–Trinajstić information content (AvgIpc) is 2.98. The Morgan fingerprint density at radius 2 is 0.927 bits per heavy atom. The van der Waals surface area contributed by atoms with Crippen LogP contribution in [0.5, 0.6) is 0 Å². The van der Waals surface area contributed by atoms with Crippen LogP contribution in [0.3, 0.4) is 0 Å². The van der Waals surface area contributed by atoms with Gasteiger partial charge in [-0.3, -0.25) is 4.79 Å². The zero-order chi connectivity index (χ0) is 30.2. The van der Waals surface area contributed by atoms with Crippen molar-refractivity contribution in [2.24, 2.45) is 0 Å². The van der Waals surface area contributed by atoms with Crippen molar-refractivity contribution < 1.29 is 20.1 Å². The number of hydrogen-bond acceptors (Lipinski definition) is 4. The standard InChI is InChI=1S/C36H71NO4/c1-3-5-7-9-11-13-15-17-18-19-21-22-24-26-28-30-34(39)33(32-38)37-36(41)35(40)31-29-27-25-23-20-16-14-12-10-8-6-4-2/h20,23,33-35,38-40H,3-19,21-22,24-32H2,1-2H3,(H,37,41)/b23-20-. The lowest BCUT2D eigenvalue weighted by Gasteiger charge is -2.23. The fourth-order valence-corrected chi connectivity index (χ4v) is 5.48. The number of carbonyl (C=O) groups is 1. The normalized spacial score (nSPS) is 14.0. The number of hydrogen-bond donors (Lipinski definition) is 4. The summed E-state index contributed by atoms with van der Waals surface area (Å²) in [5, 5.41) is 33.0. The molecule has 0 aliphatic heterocycles. The predicted molar refractivity (Wildman–Crippen MR) is 176 cm³/mol. The lowest BCUT2D eigenvalue weighted by atomic mass is 10.0. The van der Waals surface area contributed by atoms with Gasteiger partial charge in [0.15, 0.2) is 0 Å². The predicted octanol–water partition coefficient (Wildman–Crippen LogP) is 9.31. The van der Waals surface area contributed by atoms with Crippen molar-refractivity contribution in [2.45, 2.75) is 205 Å². The number of allylic oxidation sites excluding steroid dienone is 2. The summed E-state index contributed by atoms with van der Waals surface area (Å²) in [6.07, 6.45) is 34.8. The van der Waals surface area contributed by atoms with Gasteiger partial charge < -0.3 is 20.6 Å². The van der Waals surface area contributed by atoms with E-state index in [1.54, 1.807) is 0 Å². The summed E-state index contributed by atoms with van der Waals surface area (Å²) in [4.78, 5) is 12.4. The summed E-state index contributed by atoms with van der Waals surface area (Å²) in [6, 6.07) is -0.714. The van der Waals surface area contributed by atoms with Crippen LogP contribution in [0.4, 0.5) is 0 Å². The largest absolute Gasteiger partial charge is 0.394 e. The summed E-state index contributed by atoms with van der Waals surface area (Å²) < 4.78 is 0. The maximum Gasteiger partial charge on any atom is 0.249 e. The van der Waals surface area contributed by atoms with E-state index in [0.717, 1.165) is 38.5 Å². The van der Waals surface area contributed by atoms with E-state index in [0.29, 0.717) is 12.8 Å². The van der Waals surface area contributed by atoms with Gasteiger partial charge >= 0.3 is 0 Å². The number of aliphatic hydroxyl groups excluding tert-OH is 3. The Hall–Kier alpha value is -0.910. The Labute approximate surface area is 255 Å². The fourth-order valence-electron chi connectivity index (χ4n) is 5.48. The van der Waals surface area contributed by atoms with Crippen molar-refractivity contribution in [3.63, 3.8) is 0 Å². The number of carbonyl (C=O) groups excluding carboxylic acids is 1. The van der Waals surface area contributed by atoms with Crippen LogP contribution in [0.25, 0.3) is 0 Å². The van der Waals surface area contributed by atoms with Gasteiger partial charge in [0.25, 0.3) is 0 Å². The minimum absolute atomic E-state index is 0.318. The van der Waals surface area contributed by atoms with Crippen molar-refractivity contribution in [2.75, 3.05) is 6.61 Å². The number of rotatable bonds is 32. The van der Waals surface area contributed by atoms with Crippen molar-refractivity contribution in [1.29, 1.82) is 0 Å². The maximum absolute atomic E-state index is 12.4. The molecule has 0 aromatic heterocycles. The van der Waals surface area contributed by atoms with E-state index in [1.807, 2.05) is 0 Å². The first kappa shape index (κ1) is 40.1. The first-order valence-electron chi connectivity index (χ1n) is 18.0. The molecule has 0 radical (unpaired) electrons. The monoisotopic (exact) mass is 582 g/mol. The molecule has 0 heterocycles. The highest BCUT2D eigenvalue weighted by Gasteiger charge is 2.23. The zero-order valence-corrected chi connectivity index (χ0v) is 27.4. The van der Waals surface area contributed by atoms with Crippen LogP contribution in [0.2, 0.25) is 0 Å². The summed E-state index contributed by atoms with van der Waals surface area (Å²) in [6.45, 7) is 4.19. The molecule has 4 N–H and O–H groups in total. The first-order chi connectivity index (χ1) is 20.1. The minimum atomic E-state index is -1.09. The van der Waals surface area contributed by atoms with E-state index < -0.39 is 24.2 Å². The summed E-state index contributed by atoms with van der Waals surface area (Å²) in [7, 11) is 0. The summed E-state index contributed by atoms with van der Waals surface area (Å²) in [5.41, 5.74) is 0. The molecule has 0 spiro atoms. The Morgan fingerprint density at radius 1 is 0.561 bits per heavy atom. The molecule has 0 aliphatic rings. The smallest absolute Gasteiger partial charge is 0.249 e. The van der Waals surface area contributed by atoms with Crippen LogP contribution in [0.15, 0.2) is 12.2 Å². The highest BCUT2D eigenvalue weighted by atomic mass is 16.3. The second kappa shape index (κ2) is 32.0. The number of nitrogens with one attached hydrogen (secondary N) is 1. The number of aliphatic hydroxyl groups is 3. The van der Waals surface area contributed by atoms with Crippen molar-refractivity contribution in [1.82, 2.24) is 5.32 Å². The number of unbranched alkanes of at least 4 members (excludes halogenated alkanes) is 22. The minimum Gasteiger partial charge on any atom is -0.394 e. The highest BCUT2D eigenvalue weighted by molar-refractivity contribution is 5.80. The molecule has 3 unspecified atom stereocenters. The highest BCUT2D eigenvalue weighted by Crippen LogP contribution is 2.15. The molecule has 3 atom stereocenters. The van der Waals surface area contributed by atoms with Crippen molar-refractivity contribution >= 4 is 5.91 Å². The molecular weight excluding hydrogens is 510 g/mol. The Bertz CT molecular complexity index is 568. The Balaban J connectivity index is 3.71. The molecule has 0 fully saturated rings. The van der Waals surface area contributed by atoms with Crippen molar-refractivity contribution in [3.05, 3.63) is 12.2 Å². The van der Waals surface area contributed by atoms with E-state index in [2.05, 4.69) is 31.3 Å². The molecule has 244 valence electrons. The maximum atomic E-state index is 12.4. The quantitative estimate of drug-likeness (QED) is 0.0471. The van der Waals surface area contributed by atoms with Gasteiger partial charge in [-0.15, -0.1) is 0 Å². The Kier molecular flexibility index (Phi) is 31.3. The second-order valence-electron chi connectivity index (χ2n) is 12.4. The molecule has 0 aliphatic carbocycles. The molecule has 41 heavy (non-hydrogen) atoms. The van der Waals surface area contributed by atoms with E-state index in [1.165, 1.54) is 122 Å². The van der Waals surface area contributed by atoms with Crippen LogP contribution in [0, 0.1) is 0 Å². The van der Waals surface area contributed by atoms with Gasteiger partial charge in [0.2, 0.25) is 5.91 Å². The molecule has 0 saturated heterocycles. The van der Waals surface area contributed by atoms with Gasteiger partial charge in [0.1, 0.15) is 6.10 Å². The molecule has 0 rings (SSSR count). The van der Waals surface area contributed by atoms with Gasteiger partial charge in [0, 0.05) is 0 Å². The molecule has 0 saturated carbocycles. The average molecular weight is 582 g/mol. The van der Waals surface area contributed by atoms with Gasteiger partial charge in [-0.2, -0.15) is 0 Å². The third kappa shape index (κ3) is 27.7. The van der Waals surface area contributed by atoms with E-state index in [4.69, 9.17) is 0 Å². The second-order valence-corrected chi connectivity index (χ2v) is 12.4. The summed E-state index contributed by atoms with van der Waals surface area (Å²) >= 11 is 0. The SMILES string of the molecule is CCCCCCCC/C=C\CCCCC(O)C(=O)NC(CO)C(O)CCCCCCCCCCCCCCCCC. The van der Waals surface area contributed by atoms with Gasteiger partial charge in [-0.1, -0.05) is 161 Å². The molecule has 0 bridgehead atoms. The van der Waals surface area contributed by atoms with Gasteiger partial charge in [-0.25, -0.2) is 0 Å². The van der Waals surface area contributed by atoms with Gasteiger partial charge in [-0.05, 0) is 38.5 Å². The molecule has 5 nitrogen and oxygen atoms in total. The van der Waals surface area contributed by atoms with Crippen LogP contribution < -0.4 is 5.32 Å². The van der Waals surface area contributed by atoms with Gasteiger partial charge in [0.05, 0.1) is 18.8 Å². The van der Waals surface area contributed by atoms with Crippen LogP contribution in [0.1, 0.15) is 187 Å². The fraction of sp³-hybridized carbons (Fsp3) is 0.917. The molecule has 0 aromatic rings. The van der Waals surface area contributed by atoms with E-state index >= 15 is 0 Å². The topological polar surface area (TPSA) is 89.8 Å². The van der Waals surface area contributed by atoms with Crippen LogP contribution >= 0.6 is 0 Å². The molecule has 1 amide bonds. The molecular formula is C36H71NO4. The molecule has 0 aromatic carbocycles. The third-order valence-electron chi connectivity index (χ3n) is 8.38. The Morgan fingerprint density at radius 3 is 1.37 bits per heavy atom. The van der Waals surface area contributed by atoms with Crippen LogP contribution in [-0.4, -0.2) is 46.1 Å². The van der Waals surface area contributed by atoms with Crippen LogP contribution in [-0.2, 0) is 4.79 Å². The van der Waals surface area contributed by atoms with E-state index in [9.17, 15) is 20.1 Å². The lowest BCUT2D eigenvalue weighted by Crippen LogP contribution is -2.49. The van der Waals surface area contributed by atoms with Crippen molar-refractivity contribution in [3.8, 4) is 0 Å². The molecule has 5 heteroatoms. The first-order valence-corrected chi connectivity index (χ1v) is 18.0. The summed E-state index contributed by atoms with van der Waals surface area (Å²) in [5.74, 6) is -0.488. The number of amides is 1. The zero-order valence-electron chi connectivity index (χ0n) is 27.4. The third-order valence-corrected chi connectivity index (χ3v) is 8.38.